The van der Waals surface area contributed by atoms with Gasteiger partial charge in [-0.3, -0.25) is 19.3 Å². The van der Waals surface area contributed by atoms with Gasteiger partial charge in [-0.2, -0.15) is 0 Å². The SMILES string of the molecule is COc1ccccc1OCCNC(=O)CN1C(=O)C(=O)N([C@H]2CCCC[C@@H]2C)C1=O. The zero-order chi connectivity index (χ0) is 21.7. The first kappa shape index (κ1) is 21.6. The van der Waals surface area contributed by atoms with E-state index in [1.165, 1.54) is 7.11 Å². The van der Waals surface area contributed by atoms with Gasteiger partial charge in [0.25, 0.3) is 0 Å². The largest absolute Gasteiger partial charge is 0.493 e. The molecule has 1 aliphatic carbocycles. The fourth-order valence-corrected chi connectivity index (χ4v) is 3.92. The quantitative estimate of drug-likeness (QED) is 0.391. The van der Waals surface area contributed by atoms with Gasteiger partial charge in [0.1, 0.15) is 13.2 Å². The first-order valence-electron chi connectivity index (χ1n) is 10.2. The summed E-state index contributed by atoms with van der Waals surface area (Å²) < 4.78 is 10.7. The van der Waals surface area contributed by atoms with Crippen LogP contribution in [0.1, 0.15) is 32.6 Å². The predicted molar refractivity (Wildman–Crippen MR) is 107 cm³/mol. The molecule has 0 radical (unpaired) electrons. The van der Waals surface area contributed by atoms with Crippen molar-refractivity contribution in [2.75, 3.05) is 26.8 Å². The van der Waals surface area contributed by atoms with Gasteiger partial charge in [0.15, 0.2) is 11.5 Å². The van der Waals surface area contributed by atoms with Gasteiger partial charge in [-0.25, -0.2) is 9.69 Å². The van der Waals surface area contributed by atoms with E-state index in [-0.39, 0.29) is 25.1 Å². The van der Waals surface area contributed by atoms with Crippen LogP contribution < -0.4 is 14.8 Å². The molecule has 30 heavy (non-hydrogen) atoms. The van der Waals surface area contributed by atoms with Crippen molar-refractivity contribution in [3.05, 3.63) is 24.3 Å². The molecule has 0 bridgehead atoms. The van der Waals surface area contributed by atoms with Gasteiger partial charge in [-0.1, -0.05) is 31.9 Å². The Morgan fingerprint density at radius 1 is 1.10 bits per heavy atom. The molecule has 2 aliphatic rings. The van der Waals surface area contributed by atoms with Crippen LogP contribution in [0.25, 0.3) is 0 Å². The summed E-state index contributed by atoms with van der Waals surface area (Å²) in [5.74, 6) is -1.06. The number of ether oxygens (including phenoxy) is 2. The molecule has 3 rings (SSSR count). The number of benzene rings is 1. The van der Waals surface area contributed by atoms with E-state index in [2.05, 4.69) is 5.32 Å². The summed E-state index contributed by atoms with van der Waals surface area (Å²) in [4.78, 5) is 51.3. The summed E-state index contributed by atoms with van der Waals surface area (Å²) in [5.41, 5.74) is 0. The number of methoxy groups -OCH3 is 1. The molecule has 0 spiro atoms. The third-order valence-corrected chi connectivity index (χ3v) is 5.53. The van der Waals surface area contributed by atoms with Crippen LogP contribution in [0.4, 0.5) is 4.79 Å². The average molecular weight is 417 g/mol. The number of carbonyl (C=O) groups excluding carboxylic acids is 4. The molecule has 1 N–H and O–H groups in total. The summed E-state index contributed by atoms with van der Waals surface area (Å²) in [7, 11) is 1.53. The number of hydrogen-bond donors (Lipinski definition) is 1. The van der Waals surface area contributed by atoms with Gasteiger partial charge in [-0.05, 0) is 30.9 Å². The van der Waals surface area contributed by atoms with E-state index >= 15 is 0 Å². The number of nitrogens with zero attached hydrogens (tertiary/aromatic N) is 2. The van der Waals surface area contributed by atoms with E-state index in [4.69, 9.17) is 9.47 Å². The molecule has 1 saturated carbocycles. The number of imide groups is 2. The highest BCUT2D eigenvalue weighted by Gasteiger charge is 2.49. The van der Waals surface area contributed by atoms with Crippen molar-refractivity contribution in [1.82, 2.24) is 15.1 Å². The van der Waals surface area contributed by atoms with E-state index in [0.717, 1.165) is 29.1 Å². The highest BCUT2D eigenvalue weighted by atomic mass is 16.5. The second-order valence-corrected chi connectivity index (χ2v) is 7.53. The fourth-order valence-electron chi connectivity index (χ4n) is 3.92. The van der Waals surface area contributed by atoms with Crippen molar-refractivity contribution in [3.63, 3.8) is 0 Å². The molecule has 9 nitrogen and oxygen atoms in total. The third kappa shape index (κ3) is 4.55. The number of urea groups is 1. The van der Waals surface area contributed by atoms with E-state index < -0.39 is 30.3 Å². The Balaban J connectivity index is 1.50. The van der Waals surface area contributed by atoms with Gasteiger partial charge in [-0.15, -0.1) is 0 Å². The fraction of sp³-hybridized carbons (Fsp3) is 0.524. The zero-order valence-electron chi connectivity index (χ0n) is 17.3. The monoisotopic (exact) mass is 417 g/mol. The Morgan fingerprint density at radius 2 is 1.80 bits per heavy atom. The Bertz CT molecular complexity index is 827. The molecule has 2 fully saturated rings. The Labute approximate surface area is 175 Å². The highest BCUT2D eigenvalue weighted by molar-refractivity contribution is 6.45. The molecule has 1 aliphatic heterocycles. The molecule has 2 atom stereocenters. The van der Waals surface area contributed by atoms with E-state index in [9.17, 15) is 19.2 Å². The van der Waals surface area contributed by atoms with Crippen LogP contribution in [-0.2, 0) is 14.4 Å². The minimum absolute atomic E-state index is 0.139. The molecule has 162 valence electrons. The van der Waals surface area contributed by atoms with Crippen molar-refractivity contribution in [2.45, 2.75) is 38.6 Å². The third-order valence-electron chi connectivity index (χ3n) is 5.53. The van der Waals surface area contributed by atoms with Gasteiger partial charge in [0, 0.05) is 6.04 Å². The van der Waals surface area contributed by atoms with Gasteiger partial charge >= 0.3 is 17.8 Å². The molecule has 0 aromatic heterocycles. The molecule has 0 unspecified atom stereocenters. The molecule has 1 saturated heterocycles. The molecule has 5 amide bonds. The number of amides is 5. The van der Waals surface area contributed by atoms with Gasteiger partial charge < -0.3 is 14.8 Å². The lowest BCUT2D eigenvalue weighted by atomic mass is 9.85. The standard InChI is InChI=1S/C21H27N3O6/c1-14-7-3-4-8-15(14)24-20(27)19(26)23(21(24)28)13-18(25)22-11-12-30-17-10-6-5-9-16(17)29-2/h5-6,9-10,14-15H,3-4,7-8,11-13H2,1-2H3,(H,22,25)/t14-,15-/m0/s1. The van der Waals surface area contributed by atoms with Crippen molar-refractivity contribution in [2.24, 2.45) is 5.92 Å². The molecule has 1 aromatic rings. The second kappa shape index (κ2) is 9.60. The lowest BCUT2D eigenvalue weighted by Gasteiger charge is -2.34. The number of rotatable bonds is 8. The summed E-state index contributed by atoms with van der Waals surface area (Å²) in [6.45, 7) is 1.84. The van der Waals surface area contributed by atoms with Gasteiger partial charge in [0.05, 0.1) is 13.7 Å². The van der Waals surface area contributed by atoms with E-state index in [1.807, 2.05) is 13.0 Å². The van der Waals surface area contributed by atoms with Crippen molar-refractivity contribution >= 4 is 23.8 Å². The molecule has 1 aromatic carbocycles. The first-order chi connectivity index (χ1) is 14.4. The first-order valence-corrected chi connectivity index (χ1v) is 10.2. The van der Waals surface area contributed by atoms with Crippen LogP contribution in [0.3, 0.4) is 0 Å². The molecular formula is C21H27N3O6. The number of para-hydroxylation sites is 2. The number of carbonyl (C=O) groups is 4. The van der Waals surface area contributed by atoms with Crippen LogP contribution in [0.5, 0.6) is 11.5 Å². The summed E-state index contributed by atoms with van der Waals surface area (Å²) >= 11 is 0. The number of nitrogens with one attached hydrogen (secondary N) is 1. The summed E-state index contributed by atoms with van der Waals surface area (Å²) in [5, 5.41) is 2.60. The topological polar surface area (TPSA) is 105 Å². The normalized spacial score (nSPS) is 21.7. The van der Waals surface area contributed by atoms with Crippen LogP contribution >= 0.6 is 0 Å². The smallest absolute Gasteiger partial charge is 0.334 e. The zero-order valence-corrected chi connectivity index (χ0v) is 17.3. The lowest BCUT2D eigenvalue weighted by molar-refractivity contribution is -0.145. The van der Waals surface area contributed by atoms with Crippen molar-refractivity contribution < 1.29 is 28.7 Å². The highest BCUT2D eigenvalue weighted by Crippen LogP contribution is 2.31. The Morgan fingerprint density at radius 3 is 2.50 bits per heavy atom. The Hall–Kier alpha value is -3.10. The van der Waals surface area contributed by atoms with Crippen LogP contribution in [0.2, 0.25) is 0 Å². The maximum absolute atomic E-state index is 12.7. The lowest BCUT2D eigenvalue weighted by Crippen LogP contribution is -2.47. The Kier molecular flexibility index (Phi) is 6.91. The summed E-state index contributed by atoms with van der Waals surface area (Å²) in [6.07, 6.45) is 3.55. The number of hydrogen-bond acceptors (Lipinski definition) is 6. The molecule has 9 heteroatoms. The van der Waals surface area contributed by atoms with Crippen LogP contribution in [-0.4, -0.2) is 66.4 Å². The van der Waals surface area contributed by atoms with E-state index in [0.29, 0.717) is 17.9 Å². The minimum Gasteiger partial charge on any atom is -0.493 e. The minimum atomic E-state index is -0.946. The summed E-state index contributed by atoms with van der Waals surface area (Å²) in [6, 6.07) is 6.13. The van der Waals surface area contributed by atoms with Crippen LogP contribution in [0.15, 0.2) is 24.3 Å². The average Bonchev–Trinajstić information content (AvgIpc) is 2.95. The second-order valence-electron chi connectivity index (χ2n) is 7.53. The maximum atomic E-state index is 12.7. The van der Waals surface area contributed by atoms with Crippen molar-refractivity contribution in [1.29, 1.82) is 0 Å². The molecular weight excluding hydrogens is 390 g/mol. The molecule has 1 heterocycles. The van der Waals surface area contributed by atoms with E-state index in [1.54, 1.807) is 18.2 Å². The van der Waals surface area contributed by atoms with Crippen molar-refractivity contribution in [3.8, 4) is 11.5 Å². The van der Waals surface area contributed by atoms with Gasteiger partial charge in [0.2, 0.25) is 5.91 Å². The maximum Gasteiger partial charge on any atom is 0.334 e. The van der Waals surface area contributed by atoms with Crippen LogP contribution in [0, 0.1) is 5.92 Å². The predicted octanol–water partition coefficient (Wildman–Crippen LogP) is 1.56.